The van der Waals surface area contributed by atoms with Gasteiger partial charge in [-0.3, -0.25) is 4.21 Å². The topological polar surface area (TPSA) is 46.5 Å². The average molecular weight is 218 g/mol. The van der Waals surface area contributed by atoms with Crippen molar-refractivity contribution in [3.05, 3.63) is 0 Å². The van der Waals surface area contributed by atoms with Crippen LogP contribution < -0.4 is 0 Å². The zero-order valence-electron chi connectivity index (χ0n) is 8.57. The zero-order valence-corrected chi connectivity index (χ0v) is 9.39. The maximum atomic E-state index is 11.9. The van der Waals surface area contributed by atoms with Crippen LogP contribution in [0.2, 0.25) is 0 Å². The molecule has 3 nitrogen and oxygen atoms in total. The summed E-state index contributed by atoms with van der Waals surface area (Å²) in [6.07, 6.45) is 4.50. The van der Waals surface area contributed by atoms with Crippen LogP contribution in [0.5, 0.6) is 0 Å². The van der Waals surface area contributed by atoms with E-state index < -0.39 is 16.4 Å². The van der Waals surface area contributed by atoms with Crippen molar-refractivity contribution in [2.45, 2.75) is 48.2 Å². The van der Waals surface area contributed by atoms with E-state index in [1.54, 1.807) is 7.11 Å². The highest BCUT2D eigenvalue weighted by molar-refractivity contribution is 7.86. The molecule has 0 saturated carbocycles. The molecule has 0 spiro atoms. The monoisotopic (exact) mass is 218 g/mol. The Hall–Kier alpha value is 0.0700. The van der Waals surface area contributed by atoms with Gasteiger partial charge in [0.05, 0.1) is 12.2 Å². The fourth-order valence-electron chi connectivity index (χ4n) is 2.76. The Morgan fingerprint density at radius 1 is 1.43 bits per heavy atom. The minimum Gasteiger partial charge on any atom is -0.387 e. The van der Waals surface area contributed by atoms with E-state index in [0.717, 1.165) is 12.8 Å². The third-order valence-corrected chi connectivity index (χ3v) is 5.46. The molecular weight excluding hydrogens is 200 g/mol. The molecule has 2 fully saturated rings. The fourth-order valence-corrected chi connectivity index (χ4v) is 5.05. The maximum absolute atomic E-state index is 11.9. The molecule has 2 heterocycles. The molecule has 2 atom stereocenters. The van der Waals surface area contributed by atoms with Gasteiger partial charge in [-0.05, 0) is 25.7 Å². The number of aliphatic hydroxyl groups is 1. The average Bonchev–Trinajstić information content (AvgIpc) is 2.08. The van der Waals surface area contributed by atoms with Crippen LogP contribution in [0.4, 0.5) is 0 Å². The molecule has 0 amide bonds. The first-order chi connectivity index (χ1) is 6.64. The molecular formula is C10H18O3S. The van der Waals surface area contributed by atoms with E-state index in [1.165, 1.54) is 6.42 Å². The molecule has 2 rings (SSSR count). The maximum Gasteiger partial charge on any atom is 0.0902 e. The van der Waals surface area contributed by atoms with Gasteiger partial charge in [0.1, 0.15) is 0 Å². The summed E-state index contributed by atoms with van der Waals surface area (Å²) in [5.74, 6) is 0. The summed E-state index contributed by atoms with van der Waals surface area (Å²) in [5.41, 5.74) is -0.710. The smallest absolute Gasteiger partial charge is 0.0902 e. The Kier molecular flexibility index (Phi) is 2.96. The Bertz CT molecular complexity index is 226. The van der Waals surface area contributed by atoms with Gasteiger partial charge in [-0.1, -0.05) is 6.42 Å². The fraction of sp³-hybridized carbons (Fsp3) is 1.00. The normalized spacial score (nSPS) is 47.7. The van der Waals surface area contributed by atoms with Crippen LogP contribution in [0, 0.1) is 0 Å². The van der Waals surface area contributed by atoms with Gasteiger partial charge in [0.25, 0.3) is 0 Å². The Labute approximate surface area is 87.3 Å². The molecule has 2 unspecified atom stereocenters. The first-order valence-corrected chi connectivity index (χ1v) is 6.53. The molecule has 2 aliphatic heterocycles. The van der Waals surface area contributed by atoms with Gasteiger partial charge in [-0.15, -0.1) is 0 Å². The lowest BCUT2D eigenvalue weighted by Crippen LogP contribution is -2.51. The Morgan fingerprint density at radius 3 is 2.50 bits per heavy atom. The second-order valence-corrected chi connectivity index (χ2v) is 6.56. The van der Waals surface area contributed by atoms with Crippen LogP contribution in [0.15, 0.2) is 0 Å². The van der Waals surface area contributed by atoms with E-state index in [0.29, 0.717) is 19.4 Å². The summed E-state index contributed by atoms with van der Waals surface area (Å²) in [7, 11) is 0.909. The van der Waals surface area contributed by atoms with Crippen LogP contribution in [-0.4, -0.2) is 39.1 Å². The second kappa shape index (κ2) is 3.91. The lowest BCUT2D eigenvalue weighted by Gasteiger charge is -2.43. The highest BCUT2D eigenvalue weighted by Gasteiger charge is 2.45. The van der Waals surface area contributed by atoms with Gasteiger partial charge in [0.15, 0.2) is 0 Å². The number of fused-ring (bicyclic) bond motifs is 2. The van der Waals surface area contributed by atoms with E-state index >= 15 is 0 Å². The Morgan fingerprint density at radius 2 is 2.00 bits per heavy atom. The first kappa shape index (κ1) is 10.6. The van der Waals surface area contributed by atoms with Crippen LogP contribution in [-0.2, 0) is 15.5 Å². The number of hydrogen-bond acceptors (Lipinski definition) is 3. The van der Waals surface area contributed by atoms with E-state index in [2.05, 4.69) is 0 Å². The van der Waals surface area contributed by atoms with Crippen LogP contribution in [0.25, 0.3) is 0 Å². The van der Waals surface area contributed by atoms with Crippen molar-refractivity contribution in [1.29, 1.82) is 0 Å². The number of hydrogen-bond donors (Lipinski definition) is 1. The van der Waals surface area contributed by atoms with Gasteiger partial charge < -0.3 is 9.84 Å². The van der Waals surface area contributed by atoms with Crippen LogP contribution in [0.3, 0.4) is 0 Å². The van der Waals surface area contributed by atoms with Crippen LogP contribution in [0.1, 0.15) is 32.1 Å². The van der Waals surface area contributed by atoms with Crippen molar-refractivity contribution in [2.24, 2.45) is 0 Å². The van der Waals surface area contributed by atoms with Crippen molar-refractivity contribution in [1.82, 2.24) is 0 Å². The number of methoxy groups -OCH3 is 1. The molecule has 2 aliphatic rings. The van der Waals surface area contributed by atoms with E-state index in [9.17, 15) is 9.32 Å². The summed E-state index contributed by atoms with van der Waals surface area (Å²) in [6.45, 7) is 0.386. The Balaban J connectivity index is 2.10. The van der Waals surface area contributed by atoms with Gasteiger partial charge in [0.2, 0.25) is 0 Å². The molecule has 0 aromatic heterocycles. The van der Waals surface area contributed by atoms with Crippen molar-refractivity contribution in [3.8, 4) is 0 Å². The van der Waals surface area contributed by atoms with Crippen molar-refractivity contribution in [2.75, 3.05) is 13.7 Å². The third kappa shape index (κ3) is 1.88. The molecule has 1 N–H and O–H groups in total. The predicted octanol–water partition coefficient (Wildman–Crippen LogP) is 0.828. The van der Waals surface area contributed by atoms with E-state index in [4.69, 9.17) is 4.74 Å². The molecule has 82 valence electrons. The van der Waals surface area contributed by atoms with Crippen molar-refractivity contribution in [3.63, 3.8) is 0 Å². The highest BCUT2D eigenvalue weighted by Crippen LogP contribution is 2.39. The third-order valence-electron chi connectivity index (χ3n) is 3.34. The van der Waals surface area contributed by atoms with Crippen LogP contribution >= 0.6 is 0 Å². The summed E-state index contributed by atoms with van der Waals surface area (Å²) >= 11 is 0. The molecule has 0 aromatic rings. The molecule has 0 aliphatic carbocycles. The largest absolute Gasteiger partial charge is 0.387 e. The molecule has 0 radical (unpaired) electrons. The number of rotatable bonds is 2. The summed E-state index contributed by atoms with van der Waals surface area (Å²) in [5, 5.41) is 10.7. The van der Waals surface area contributed by atoms with E-state index in [1.807, 2.05) is 0 Å². The molecule has 14 heavy (non-hydrogen) atoms. The zero-order chi connectivity index (χ0) is 10.2. The summed E-state index contributed by atoms with van der Waals surface area (Å²) in [6, 6.07) is 0. The molecule has 2 bridgehead atoms. The first-order valence-electron chi connectivity index (χ1n) is 5.25. The lowest BCUT2D eigenvalue weighted by atomic mass is 9.86. The molecule has 0 aromatic carbocycles. The summed E-state index contributed by atoms with van der Waals surface area (Å²) < 4.78 is 16.9. The van der Waals surface area contributed by atoms with Gasteiger partial charge >= 0.3 is 0 Å². The van der Waals surface area contributed by atoms with Gasteiger partial charge in [0, 0.05) is 28.4 Å². The minimum absolute atomic E-state index is 0.211. The minimum atomic E-state index is -0.710. The van der Waals surface area contributed by atoms with Crippen molar-refractivity contribution < 1.29 is 14.1 Å². The number of ether oxygens (including phenoxy) is 1. The summed E-state index contributed by atoms with van der Waals surface area (Å²) in [4.78, 5) is 0. The van der Waals surface area contributed by atoms with Gasteiger partial charge in [-0.2, -0.15) is 0 Å². The molecule has 4 heteroatoms. The molecule has 2 saturated heterocycles. The quantitative estimate of drug-likeness (QED) is 0.746. The van der Waals surface area contributed by atoms with E-state index in [-0.39, 0.29) is 10.5 Å². The standard InChI is InChI=1S/C10H18O3S/c1-13-7-10(11)5-8-3-2-4-9(6-10)14(8)12/h8-9,11H,2-7H2,1H3. The van der Waals surface area contributed by atoms with Crippen molar-refractivity contribution >= 4 is 10.8 Å². The lowest BCUT2D eigenvalue weighted by molar-refractivity contribution is -0.0503. The second-order valence-electron chi connectivity index (χ2n) is 4.57. The SMILES string of the molecule is COCC1(O)CC2CCCC(C1)S2=O. The van der Waals surface area contributed by atoms with Gasteiger partial charge in [-0.25, -0.2) is 0 Å². The highest BCUT2D eigenvalue weighted by atomic mass is 32.2. The predicted molar refractivity (Wildman–Crippen MR) is 55.6 cm³/mol.